The van der Waals surface area contributed by atoms with Crippen LogP contribution in [-0.2, 0) is 6.54 Å². The first-order valence-corrected chi connectivity index (χ1v) is 8.95. The second-order valence-corrected chi connectivity index (χ2v) is 6.30. The Bertz CT molecular complexity index is 600. The summed E-state index contributed by atoms with van der Waals surface area (Å²) in [7, 11) is 0. The van der Waals surface area contributed by atoms with Gasteiger partial charge in [-0.05, 0) is 31.5 Å². The average Bonchev–Trinajstić information content (AvgIpc) is 2.98. The zero-order valence-electron chi connectivity index (χ0n) is 14.2. The molecule has 0 aliphatic rings. The second-order valence-electron chi connectivity index (χ2n) is 5.13. The van der Waals surface area contributed by atoms with Crippen LogP contribution in [0.2, 0.25) is 0 Å². The molecule has 1 aromatic heterocycles. The van der Waals surface area contributed by atoms with Gasteiger partial charge in [0.25, 0.3) is 0 Å². The van der Waals surface area contributed by atoms with Gasteiger partial charge in [0.1, 0.15) is 0 Å². The molecule has 7 heteroatoms. The van der Waals surface area contributed by atoms with Crippen molar-refractivity contribution in [2.45, 2.75) is 25.3 Å². The first-order valence-electron chi connectivity index (χ1n) is 7.97. The zero-order valence-corrected chi connectivity index (χ0v) is 17.4. The Morgan fingerprint density at radius 1 is 1.25 bits per heavy atom. The van der Waals surface area contributed by atoms with E-state index in [0.29, 0.717) is 6.54 Å². The van der Waals surface area contributed by atoms with Crippen molar-refractivity contribution in [1.82, 2.24) is 20.4 Å². The van der Waals surface area contributed by atoms with Crippen LogP contribution in [0.15, 0.2) is 52.6 Å². The molecule has 0 atom stereocenters. The van der Waals surface area contributed by atoms with Gasteiger partial charge in [-0.15, -0.1) is 35.7 Å². The lowest BCUT2D eigenvalue weighted by Gasteiger charge is -2.11. The minimum Gasteiger partial charge on any atom is -0.357 e. The van der Waals surface area contributed by atoms with E-state index in [4.69, 9.17) is 0 Å². The van der Waals surface area contributed by atoms with Gasteiger partial charge < -0.3 is 10.6 Å². The summed E-state index contributed by atoms with van der Waals surface area (Å²) in [6, 6.07) is 10.4. The van der Waals surface area contributed by atoms with E-state index < -0.39 is 0 Å². The van der Waals surface area contributed by atoms with E-state index in [0.717, 1.165) is 31.3 Å². The average molecular weight is 459 g/mol. The van der Waals surface area contributed by atoms with Crippen molar-refractivity contribution < 1.29 is 0 Å². The van der Waals surface area contributed by atoms with Crippen molar-refractivity contribution in [2.75, 3.05) is 25.4 Å². The molecular weight excluding hydrogens is 433 g/mol. The Morgan fingerprint density at radius 3 is 2.71 bits per heavy atom. The fourth-order valence-corrected chi connectivity index (χ4v) is 2.84. The Morgan fingerprint density at radius 2 is 2.04 bits per heavy atom. The van der Waals surface area contributed by atoms with Crippen molar-refractivity contribution in [3.05, 3.63) is 48.3 Å². The van der Waals surface area contributed by atoms with Crippen LogP contribution in [0.1, 0.15) is 12.5 Å². The Kier molecular flexibility index (Phi) is 10.6. The molecule has 24 heavy (non-hydrogen) atoms. The largest absolute Gasteiger partial charge is 0.357 e. The SMILES string of the molecule is CCNC(=NCCn1cc(C)cn1)NCCSc1ccccc1.I. The third kappa shape index (κ3) is 8.05. The van der Waals surface area contributed by atoms with E-state index in [9.17, 15) is 0 Å². The van der Waals surface area contributed by atoms with Gasteiger partial charge in [0.2, 0.25) is 0 Å². The Labute approximate surface area is 165 Å². The molecule has 0 aliphatic heterocycles. The van der Waals surface area contributed by atoms with Gasteiger partial charge in [0.15, 0.2) is 5.96 Å². The van der Waals surface area contributed by atoms with Gasteiger partial charge >= 0.3 is 0 Å². The number of nitrogens with one attached hydrogen (secondary N) is 2. The molecule has 1 heterocycles. The zero-order chi connectivity index (χ0) is 16.3. The first-order chi connectivity index (χ1) is 11.3. The number of nitrogens with zero attached hydrogens (tertiary/aromatic N) is 3. The van der Waals surface area contributed by atoms with Crippen molar-refractivity contribution in [1.29, 1.82) is 0 Å². The molecule has 2 N–H and O–H groups in total. The topological polar surface area (TPSA) is 54.2 Å². The number of halogens is 1. The van der Waals surface area contributed by atoms with Crippen LogP contribution in [0, 0.1) is 6.92 Å². The van der Waals surface area contributed by atoms with Crippen molar-refractivity contribution in [3.63, 3.8) is 0 Å². The third-order valence-corrected chi connectivity index (χ3v) is 4.13. The predicted molar refractivity (Wildman–Crippen MR) is 114 cm³/mol. The molecule has 0 saturated heterocycles. The second kappa shape index (κ2) is 12.2. The molecule has 1 aromatic carbocycles. The number of guanidine groups is 1. The van der Waals surface area contributed by atoms with Crippen molar-refractivity contribution in [2.24, 2.45) is 4.99 Å². The molecule has 0 spiro atoms. The predicted octanol–water partition coefficient (Wildman–Crippen LogP) is 3.16. The highest BCUT2D eigenvalue weighted by Crippen LogP contribution is 2.15. The number of rotatable bonds is 8. The molecule has 0 amide bonds. The molecule has 0 fully saturated rings. The lowest BCUT2D eigenvalue weighted by Crippen LogP contribution is -2.38. The van der Waals surface area contributed by atoms with Crippen LogP contribution in [-0.4, -0.2) is 41.1 Å². The summed E-state index contributed by atoms with van der Waals surface area (Å²) in [5.41, 5.74) is 1.18. The van der Waals surface area contributed by atoms with Gasteiger partial charge in [-0.1, -0.05) is 18.2 Å². The lowest BCUT2D eigenvalue weighted by molar-refractivity contribution is 0.622. The summed E-state index contributed by atoms with van der Waals surface area (Å²) in [5, 5.41) is 10.9. The number of thioether (sulfide) groups is 1. The molecule has 0 aliphatic carbocycles. The monoisotopic (exact) mass is 459 g/mol. The highest BCUT2D eigenvalue weighted by Gasteiger charge is 1.98. The summed E-state index contributed by atoms with van der Waals surface area (Å²) >= 11 is 1.84. The maximum absolute atomic E-state index is 4.59. The van der Waals surface area contributed by atoms with Gasteiger partial charge in [-0.2, -0.15) is 5.10 Å². The molecule has 132 valence electrons. The van der Waals surface area contributed by atoms with Gasteiger partial charge in [-0.25, -0.2) is 0 Å². The lowest BCUT2D eigenvalue weighted by atomic mass is 10.4. The molecule has 2 rings (SSSR count). The first kappa shape index (κ1) is 20.8. The van der Waals surface area contributed by atoms with Crippen LogP contribution in [0.25, 0.3) is 0 Å². The summed E-state index contributed by atoms with van der Waals surface area (Å²) < 4.78 is 1.92. The minimum atomic E-state index is 0. The molecular formula is C17H26IN5S. The van der Waals surface area contributed by atoms with Crippen LogP contribution < -0.4 is 10.6 Å². The van der Waals surface area contributed by atoms with Crippen LogP contribution in [0.3, 0.4) is 0 Å². The summed E-state index contributed by atoms with van der Waals surface area (Å²) in [6.07, 6.45) is 3.90. The van der Waals surface area contributed by atoms with Crippen molar-refractivity contribution in [3.8, 4) is 0 Å². The summed E-state index contributed by atoms with van der Waals surface area (Å²) in [4.78, 5) is 5.88. The maximum atomic E-state index is 4.59. The maximum Gasteiger partial charge on any atom is 0.191 e. The smallest absolute Gasteiger partial charge is 0.191 e. The highest BCUT2D eigenvalue weighted by atomic mass is 127. The van der Waals surface area contributed by atoms with Crippen LogP contribution >= 0.6 is 35.7 Å². The van der Waals surface area contributed by atoms with Gasteiger partial charge in [0, 0.05) is 29.9 Å². The van der Waals surface area contributed by atoms with E-state index in [2.05, 4.69) is 51.9 Å². The number of benzene rings is 1. The minimum absolute atomic E-state index is 0. The Balaban J connectivity index is 0.00000288. The molecule has 5 nitrogen and oxygen atoms in total. The highest BCUT2D eigenvalue weighted by molar-refractivity contribution is 14.0. The van der Waals surface area contributed by atoms with Crippen LogP contribution in [0.5, 0.6) is 0 Å². The van der Waals surface area contributed by atoms with E-state index >= 15 is 0 Å². The summed E-state index contributed by atoms with van der Waals surface area (Å²) in [5.74, 6) is 1.87. The molecule has 0 radical (unpaired) electrons. The van der Waals surface area contributed by atoms with E-state index in [1.54, 1.807) is 0 Å². The van der Waals surface area contributed by atoms with Crippen LogP contribution in [0.4, 0.5) is 0 Å². The molecule has 2 aromatic rings. The molecule has 0 saturated carbocycles. The van der Waals surface area contributed by atoms with Gasteiger partial charge in [-0.3, -0.25) is 9.67 Å². The van der Waals surface area contributed by atoms with E-state index in [1.165, 1.54) is 10.5 Å². The third-order valence-electron chi connectivity index (χ3n) is 3.11. The standard InChI is InChI=1S/C17H25N5S.HI/c1-3-18-17(19-9-11-22-14-15(2)13-21-22)20-10-12-23-16-7-5-4-6-8-16;/h4-8,13-14H,3,9-12H2,1-2H3,(H2,18,19,20);1H. The number of aromatic nitrogens is 2. The number of hydrogen-bond acceptors (Lipinski definition) is 3. The fourth-order valence-electron chi connectivity index (χ4n) is 2.05. The molecule has 0 bridgehead atoms. The normalized spacial score (nSPS) is 11.0. The van der Waals surface area contributed by atoms with Gasteiger partial charge in [0.05, 0.1) is 19.3 Å². The van der Waals surface area contributed by atoms with E-state index in [1.807, 2.05) is 41.8 Å². The number of hydrogen-bond donors (Lipinski definition) is 2. The fraction of sp³-hybridized carbons (Fsp3) is 0.412. The molecule has 0 unspecified atom stereocenters. The quantitative estimate of drug-likeness (QED) is 0.209. The van der Waals surface area contributed by atoms with Crippen molar-refractivity contribution >= 4 is 41.7 Å². The Hall–Kier alpha value is -1.22. The number of aliphatic imine (C=N–C) groups is 1. The number of aryl methyl sites for hydroxylation is 1. The summed E-state index contributed by atoms with van der Waals surface area (Å²) in [6.45, 7) is 7.37. The van der Waals surface area contributed by atoms with E-state index in [-0.39, 0.29) is 24.0 Å².